The summed E-state index contributed by atoms with van der Waals surface area (Å²) in [6.07, 6.45) is 1.81. The first kappa shape index (κ1) is 18.6. The average Bonchev–Trinajstić information content (AvgIpc) is 2.83. The van der Waals surface area contributed by atoms with Crippen molar-refractivity contribution in [3.05, 3.63) is 39.2 Å². The molecule has 1 aromatic rings. The number of piperazine rings is 1. The van der Waals surface area contributed by atoms with Gasteiger partial charge in [-0.3, -0.25) is 14.5 Å². The lowest BCUT2D eigenvalue weighted by atomic mass is 10.2. The van der Waals surface area contributed by atoms with E-state index in [1.807, 2.05) is 37.4 Å². The molecule has 2 heterocycles. The number of carbonyl (C=O) groups excluding carboxylic acids is 2. The molecule has 0 radical (unpaired) electrons. The zero-order valence-corrected chi connectivity index (χ0v) is 17.0. The van der Waals surface area contributed by atoms with E-state index < -0.39 is 0 Å². The third-order valence-electron chi connectivity index (χ3n) is 4.17. The van der Waals surface area contributed by atoms with Gasteiger partial charge in [0, 0.05) is 30.7 Å². The van der Waals surface area contributed by atoms with Crippen LogP contribution in [0.5, 0.6) is 0 Å². The Balaban J connectivity index is 1.68. The Labute approximate surface area is 165 Å². The number of benzene rings is 1. The third kappa shape index (κ3) is 4.49. The molecule has 0 aliphatic carbocycles. The maximum atomic E-state index is 12.6. The molecular weight excluding hydrogens is 422 g/mol. The highest BCUT2D eigenvalue weighted by Crippen LogP contribution is 2.32. The van der Waals surface area contributed by atoms with Crippen molar-refractivity contribution in [3.8, 4) is 0 Å². The van der Waals surface area contributed by atoms with Crippen LogP contribution in [-0.4, -0.2) is 70.6 Å². The molecular formula is C17H18BrN3O2S2. The molecule has 0 bridgehead atoms. The molecule has 25 heavy (non-hydrogen) atoms. The molecule has 8 heteroatoms. The Hall–Kier alpha value is -1.22. The molecule has 3 rings (SSSR count). The molecule has 0 spiro atoms. The summed E-state index contributed by atoms with van der Waals surface area (Å²) in [7, 11) is 2.04. The highest BCUT2D eigenvalue weighted by atomic mass is 79.9. The Morgan fingerprint density at radius 2 is 2.04 bits per heavy atom. The van der Waals surface area contributed by atoms with Gasteiger partial charge in [-0.25, -0.2) is 0 Å². The maximum absolute atomic E-state index is 12.6. The fourth-order valence-corrected chi connectivity index (χ4v) is 4.35. The van der Waals surface area contributed by atoms with Crippen molar-refractivity contribution in [2.24, 2.45) is 0 Å². The molecule has 5 nitrogen and oxygen atoms in total. The van der Waals surface area contributed by atoms with Crippen molar-refractivity contribution in [3.63, 3.8) is 0 Å². The fraction of sp³-hybridized carbons (Fsp3) is 0.353. The summed E-state index contributed by atoms with van der Waals surface area (Å²) in [5.74, 6) is -0.245. The van der Waals surface area contributed by atoms with Crippen molar-refractivity contribution in [1.29, 1.82) is 0 Å². The third-order valence-corrected chi connectivity index (χ3v) is 6.04. The number of carbonyl (C=O) groups is 2. The summed E-state index contributed by atoms with van der Waals surface area (Å²) < 4.78 is 1.38. The van der Waals surface area contributed by atoms with Crippen molar-refractivity contribution in [2.45, 2.75) is 0 Å². The zero-order valence-electron chi connectivity index (χ0n) is 13.8. The molecule has 0 aromatic heterocycles. The molecule has 2 fully saturated rings. The van der Waals surface area contributed by atoms with Gasteiger partial charge in [-0.2, -0.15) is 0 Å². The standard InChI is InChI=1S/C17H18BrN3O2S2/c1-19-5-7-20(8-6-19)15(22)11-21-16(23)14(25-17(21)24)10-12-3-2-4-13(18)9-12/h2-4,9-10H,5-8,11H2,1H3. The topological polar surface area (TPSA) is 43.9 Å². The number of halogens is 1. The van der Waals surface area contributed by atoms with Gasteiger partial charge < -0.3 is 9.80 Å². The van der Waals surface area contributed by atoms with Crippen molar-refractivity contribution in [2.75, 3.05) is 39.8 Å². The molecule has 0 saturated carbocycles. The number of hydrogen-bond donors (Lipinski definition) is 0. The lowest BCUT2D eigenvalue weighted by Gasteiger charge is -2.33. The van der Waals surface area contributed by atoms with E-state index >= 15 is 0 Å². The van der Waals surface area contributed by atoms with Crippen molar-refractivity contribution < 1.29 is 9.59 Å². The molecule has 0 unspecified atom stereocenters. The van der Waals surface area contributed by atoms with Crippen LogP contribution in [0.25, 0.3) is 6.08 Å². The van der Waals surface area contributed by atoms with Crippen LogP contribution >= 0.6 is 39.9 Å². The predicted molar refractivity (Wildman–Crippen MR) is 108 cm³/mol. The second-order valence-electron chi connectivity index (χ2n) is 6.01. The highest BCUT2D eigenvalue weighted by Gasteiger charge is 2.34. The van der Waals surface area contributed by atoms with Gasteiger partial charge in [-0.1, -0.05) is 52.0 Å². The smallest absolute Gasteiger partial charge is 0.266 e. The molecule has 2 saturated heterocycles. The highest BCUT2D eigenvalue weighted by molar-refractivity contribution is 9.10. The van der Waals surface area contributed by atoms with Crippen LogP contribution in [0.1, 0.15) is 5.56 Å². The van der Waals surface area contributed by atoms with Crippen LogP contribution in [0.3, 0.4) is 0 Å². The number of rotatable bonds is 3. The molecule has 132 valence electrons. The second-order valence-corrected chi connectivity index (χ2v) is 8.60. The number of amides is 2. The largest absolute Gasteiger partial charge is 0.339 e. The minimum Gasteiger partial charge on any atom is -0.339 e. The average molecular weight is 440 g/mol. The van der Waals surface area contributed by atoms with Gasteiger partial charge in [0.25, 0.3) is 5.91 Å². The molecule has 2 aliphatic rings. The van der Waals surface area contributed by atoms with Gasteiger partial charge >= 0.3 is 0 Å². The number of likely N-dealkylation sites (N-methyl/N-ethyl adjacent to an activating group) is 1. The van der Waals surface area contributed by atoms with E-state index in [-0.39, 0.29) is 18.4 Å². The van der Waals surface area contributed by atoms with Gasteiger partial charge in [-0.05, 0) is 30.8 Å². The Morgan fingerprint density at radius 3 is 2.72 bits per heavy atom. The first-order valence-electron chi connectivity index (χ1n) is 7.91. The molecule has 1 aromatic carbocycles. The van der Waals surface area contributed by atoms with E-state index in [9.17, 15) is 9.59 Å². The molecule has 0 atom stereocenters. The van der Waals surface area contributed by atoms with Crippen molar-refractivity contribution in [1.82, 2.24) is 14.7 Å². The first-order valence-corrected chi connectivity index (χ1v) is 9.93. The van der Waals surface area contributed by atoms with Crippen LogP contribution in [0.2, 0.25) is 0 Å². The van der Waals surface area contributed by atoms with Gasteiger partial charge in [0.05, 0.1) is 4.91 Å². The van der Waals surface area contributed by atoms with Crippen LogP contribution < -0.4 is 0 Å². The number of nitrogens with zero attached hydrogens (tertiary/aromatic N) is 3. The number of hydrogen-bond acceptors (Lipinski definition) is 5. The summed E-state index contributed by atoms with van der Waals surface area (Å²) >= 11 is 9.98. The molecule has 2 aliphatic heterocycles. The Bertz CT molecular complexity index is 745. The van der Waals surface area contributed by atoms with Gasteiger partial charge in [0.2, 0.25) is 5.91 Å². The van der Waals surface area contributed by atoms with E-state index in [4.69, 9.17) is 12.2 Å². The minimum absolute atomic E-state index is 0.0181. The fourth-order valence-electron chi connectivity index (χ4n) is 2.68. The van der Waals surface area contributed by atoms with E-state index in [0.717, 1.165) is 23.1 Å². The monoisotopic (exact) mass is 439 g/mol. The Kier molecular flexibility index (Phi) is 5.93. The lowest BCUT2D eigenvalue weighted by molar-refractivity contribution is -0.136. The first-order chi connectivity index (χ1) is 11.9. The van der Waals surface area contributed by atoms with Crippen LogP contribution in [-0.2, 0) is 9.59 Å². The Morgan fingerprint density at radius 1 is 1.32 bits per heavy atom. The molecule has 0 N–H and O–H groups in total. The lowest BCUT2D eigenvalue weighted by Crippen LogP contribution is -2.50. The van der Waals surface area contributed by atoms with E-state index in [1.165, 1.54) is 16.7 Å². The van der Waals surface area contributed by atoms with Gasteiger partial charge in [-0.15, -0.1) is 0 Å². The van der Waals surface area contributed by atoms with Crippen LogP contribution in [0.4, 0.5) is 0 Å². The summed E-state index contributed by atoms with van der Waals surface area (Å²) in [5, 5.41) is 0. The maximum Gasteiger partial charge on any atom is 0.266 e. The van der Waals surface area contributed by atoms with E-state index in [1.54, 1.807) is 4.90 Å². The summed E-state index contributed by atoms with van der Waals surface area (Å²) in [4.78, 5) is 31.1. The van der Waals surface area contributed by atoms with Crippen molar-refractivity contribution >= 4 is 62.1 Å². The summed E-state index contributed by atoms with van der Waals surface area (Å²) in [6, 6.07) is 7.69. The predicted octanol–water partition coefficient (Wildman–Crippen LogP) is 2.42. The normalized spacial score (nSPS) is 20.6. The summed E-state index contributed by atoms with van der Waals surface area (Å²) in [5.41, 5.74) is 0.917. The van der Waals surface area contributed by atoms with Gasteiger partial charge in [0.15, 0.2) is 0 Å². The van der Waals surface area contributed by atoms with Crippen LogP contribution in [0.15, 0.2) is 33.6 Å². The van der Waals surface area contributed by atoms with Crippen LogP contribution in [0, 0.1) is 0 Å². The second kappa shape index (κ2) is 7.99. The van der Waals surface area contributed by atoms with E-state index in [2.05, 4.69) is 20.8 Å². The quantitative estimate of drug-likeness (QED) is 0.534. The minimum atomic E-state index is -0.197. The summed E-state index contributed by atoms with van der Waals surface area (Å²) in [6.45, 7) is 3.11. The van der Waals surface area contributed by atoms with Gasteiger partial charge in [0.1, 0.15) is 10.9 Å². The number of thiocarbonyl (C=S) groups is 1. The SMILES string of the molecule is CN1CCN(C(=O)CN2C(=O)C(=Cc3cccc(Br)c3)SC2=S)CC1. The van der Waals surface area contributed by atoms with E-state index in [0.29, 0.717) is 22.3 Å². The number of thioether (sulfide) groups is 1. The molecule has 2 amide bonds. The zero-order chi connectivity index (χ0) is 18.0.